The first-order chi connectivity index (χ1) is 13.0. The number of imide groups is 1. The molecule has 1 unspecified atom stereocenters. The van der Waals surface area contributed by atoms with Crippen LogP contribution < -0.4 is 14.2 Å². The minimum Gasteiger partial charge on any atom is -0.496 e. The number of methoxy groups -OCH3 is 3. The molecule has 0 bridgehead atoms. The lowest BCUT2D eigenvalue weighted by Gasteiger charge is -2.19. The van der Waals surface area contributed by atoms with E-state index < -0.39 is 6.04 Å². The fraction of sp³-hybridized carbons (Fsp3) is 0.238. The maximum Gasteiger partial charge on any atom is 0.262 e. The summed E-state index contributed by atoms with van der Waals surface area (Å²) in [5.74, 6) is 1.16. The second-order valence-electron chi connectivity index (χ2n) is 6.07. The van der Waals surface area contributed by atoms with Crippen LogP contribution in [0.3, 0.4) is 0 Å². The summed E-state index contributed by atoms with van der Waals surface area (Å²) in [7, 11) is 4.67. The molecule has 140 valence electrons. The van der Waals surface area contributed by atoms with Gasteiger partial charge in [-0.3, -0.25) is 14.5 Å². The Kier molecular flexibility index (Phi) is 5.16. The van der Waals surface area contributed by atoms with E-state index in [1.54, 1.807) is 76.8 Å². The summed E-state index contributed by atoms with van der Waals surface area (Å²) >= 11 is 0. The Bertz CT molecular complexity index is 859. The van der Waals surface area contributed by atoms with Gasteiger partial charge in [-0.2, -0.15) is 0 Å². The van der Waals surface area contributed by atoms with Crippen LogP contribution in [0.4, 0.5) is 0 Å². The van der Waals surface area contributed by atoms with E-state index in [0.717, 1.165) is 0 Å². The predicted octanol–water partition coefficient (Wildman–Crippen LogP) is 3.41. The molecule has 1 atom stereocenters. The van der Waals surface area contributed by atoms with Gasteiger partial charge >= 0.3 is 0 Å². The van der Waals surface area contributed by atoms with Crippen molar-refractivity contribution in [3.63, 3.8) is 0 Å². The molecule has 1 heterocycles. The molecule has 0 N–H and O–H groups in total. The highest BCUT2D eigenvalue weighted by Crippen LogP contribution is 2.35. The minimum atomic E-state index is -0.436. The number of hydrogen-bond donors (Lipinski definition) is 0. The van der Waals surface area contributed by atoms with Crippen molar-refractivity contribution in [1.29, 1.82) is 0 Å². The Morgan fingerprint density at radius 2 is 1.41 bits per heavy atom. The summed E-state index contributed by atoms with van der Waals surface area (Å²) in [5, 5.41) is 0. The molecule has 0 saturated carbocycles. The number of benzene rings is 2. The number of amides is 2. The van der Waals surface area contributed by atoms with Gasteiger partial charge in [-0.25, -0.2) is 0 Å². The van der Waals surface area contributed by atoms with E-state index in [4.69, 9.17) is 14.2 Å². The third-order valence-electron chi connectivity index (χ3n) is 4.53. The van der Waals surface area contributed by atoms with Gasteiger partial charge in [0, 0.05) is 12.1 Å². The highest BCUT2D eigenvalue weighted by atomic mass is 16.5. The molecule has 6 heteroatoms. The Labute approximate surface area is 158 Å². The Hall–Kier alpha value is -3.28. The van der Waals surface area contributed by atoms with E-state index in [2.05, 4.69) is 0 Å². The average molecular weight is 367 g/mol. The van der Waals surface area contributed by atoms with E-state index in [1.165, 1.54) is 4.90 Å². The Balaban J connectivity index is 1.91. The average Bonchev–Trinajstić information content (AvgIpc) is 2.96. The third-order valence-corrected chi connectivity index (χ3v) is 4.53. The second kappa shape index (κ2) is 7.53. The molecule has 0 saturated heterocycles. The van der Waals surface area contributed by atoms with Gasteiger partial charge in [0.1, 0.15) is 17.2 Å². The van der Waals surface area contributed by atoms with Crippen molar-refractivity contribution in [2.24, 2.45) is 0 Å². The van der Waals surface area contributed by atoms with Crippen LogP contribution in [0.25, 0.3) is 6.08 Å². The van der Waals surface area contributed by atoms with Gasteiger partial charge in [0.15, 0.2) is 0 Å². The largest absolute Gasteiger partial charge is 0.496 e. The van der Waals surface area contributed by atoms with Gasteiger partial charge in [-0.1, -0.05) is 18.2 Å². The van der Waals surface area contributed by atoms with E-state index in [0.29, 0.717) is 33.9 Å². The SMILES string of the molecule is COc1cc(OC)c(/C=C/C(C)N2C(=O)c3ccccc3C2=O)c(OC)c1. The lowest BCUT2D eigenvalue weighted by Crippen LogP contribution is -2.36. The van der Waals surface area contributed by atoms with E-state index >= 15 is 0 Å². The molecule has 2 aromatic rings. The summed E-state index contributed by atoms with van der Waals surface area (Å²) in [6, 6.07) is 9.89. The number of carbonyl (C=O) groups excluding carboxylic acids is 2. The lowest BCUT2D eigenvalue weighted by molar-refractivity contribution is 0.0626. The monoisotopic (exact) mass is 367 g/mol. The van der Waals surface area contributed by atoms with Crippen LogP contribution in [-0.2, 0) is 0 Å². The van der Waals surface area contributed by atoms with E-state index in [1.807, 2.05) is 0 Å². The first kappa shape index (κ1) is 18.5. The molecule has 0 spiro atoms. The number of rotatable bonds is 6. The number of carbonyl (C=O) groups is 2. The second-order valence-corrected chi connectivity index (χ2v) is 6.07. The van der Waals surface area contributed by atoms with Crippen LogP contribution in [0, 0.1) is 0 Å². The zero-order chi connectivity index (χ0) is 19.6. The normalized spacial score (nSPS) is 14.4. The van der Waals surface area contributed by atoms with Gasteiger partial charge in [-0.15, -0.1) is 0 Å². The van der Waals surface area contributed by atoms with Gasteiger partial charge < -0.3 is 14.2 Å². The standard InChI is InChI=1S/C21H21NO5/c1-13(22-20(23)15-7-5-6-8-16(15)21(22)24)9-10-17-18(26-3)11-14(25-2)12-19(17)27-4/h5-13H,1-4H3/b10-9+. The van der Waals surface area contributed by atoms with E-state index in [-0.39, 0.29) is 11.8 Å². The molecule has 0 radical (unpaired) electrons. The van der Waals surface area contributed by atoms with E-state index in [9.17, 15) is 9.59 Å². The Morgan fingerprint density at radius 1 is 0.889 bits per heavy atom. The smallest absolute Gasteiger partial charge is 0.262 e. The third kappa shape index (κ3) is 3.26. The quantitative estimate of drug-likeness (QED) is 0.732. The lowest BCUT2D eigenvalue weighted by atomic mass is 10.1. The maximum absolute atomic E-state index is 12.6. The first-order valence-electron chi connectivity index (χ1n) is 8.47. The molecule has 0 fully saturated rings. The molecule has 6 nitrogen and oxygen atoms in total. The first-order valence-corrected chi connectivity index (χ1v) is 8.47. The highest BCUT2D eigenvalue weighted by Gasteiger charge is 2.37. The van der Waals surface area contributed by atoms with Crippen molar-refractivity contribution < 1.29 is 23.8 Å². The topological polar surface area (TPSA) is 65.1 Å². The van der Waals surface area contributed by atoms with Crippen molar-refractivity contribution in [1.82, 2.24) is 4.90 Å². The summed E-state index contributed by atoms with van der Waals surface area (Å²) in [5.41, 5.74) is 1.56. The zero-order valence-corrected chi connectivity index (χ0v) is 15.7. The molecule has 0 aromatic heterocycles. The minimum absolute atomic E-state index is 0.290. The molecule has 3 rings (SSSR count). The fourth-order valence-electron chi connectivity index (χ4n) is 3.10. The molecule has 0 aliphatic carbocycles. The summed E-state index contributed by atoms with van der Waals surface area (Å²) in [4.78, 5) is 26.4. The molecule has 27 heavy (non-hydrogen) atoms. The highest BCUT2D eigenvalue weighted by molar-refractivity contribution is 6.21. The number of fused-ring (bicyclic) bond motifs is 1. The number of ether oxygens (including phenoxy) is 3. The van der Waals surface area contributed by atoms with Crippen LogP contribution >= 0.6 is 0 Å². The molecule has 2 amide bonds. The van der Waals surface area contributed by atoms with Crippen LogP contribution in [-0.4, -0.2) is 44.1 Å². The van der Waals surface area contributed by atoms with Gasteiger partial charge in [0.05, 0.1) is 44.1 Å². The summed E-state index contributed by atoms with van der Waals surface area (Å²) in [6.45, 7) is 1.79. The molecular weight excluding hydrogens is 346 g/mol. The molecule has 1 aliphatic rings. The summed E-state index contributed by atoms with van der Waals surface area (Å²) in [6.07, 6.45) is 3.56. The van der Waals surface area contributed by atoms with Crippen molar-refractivity contribution in [2.45, 2.75) is 13.0 Å². The maximum atomic E-state index is 12.6. The van der Waals surface area contributed by atoms with Crippen LogP contribution in [0.2, 0.25) is 0 Å². The van der Waals surface area contributed by atoms with Gasteiger partial charge in [0.2, 0.25) is 0 Å². The molecular formula is C21H21NO5. The van der Waals surface area contributed by atoms with Gasteiger partial charge in [0.25, 0.3) is 11.8 Å². The number of nitrogens with zero attached hydrogens (tertiary/aromatic N) is 1. The van der Waals surface area contributed by atoms with Crippen LogP contribution in [0.1, 0.15) is 33.2 Å². The predicted molar refractivity (Wildman–Crippen MR) is 102 cm³/mol. The molecule has 2 aromatic carbocycles. The van der Waals surface area contributed by atoms with Crippen molar-refractivity contribution in [2.75, 3.05) is 21.3 Å². The summed E-state index contributed by atoms with van der Waals surface area (Å²) < 4.78 is 16.1. The van der Waals surface area contributed by atoms with Crippen LogP contribution in [0.15, 0.2) is 42.5 Å². The Morgan fingerprint density at radius 3 is 1.85 bits per heavy atom. The van der Waals surface area contributed by atoms with Crippen molar-refractivity contribution in [3.8, 4) is 17.2 Å². The van der Waals surface area contributed by atoms with Crippen molar-refractivity contribution >= 4 is 17.9 Å². The fourth-order valence-corrected chi connectivity index (χ4v) is 3.10. The molecule has 1 aliphatic heterocycles. The van der Waals surface area contributed by atoms with Crippen LogP contribution in [0.5, 0.6) is 17.2 Å². The van der Waals surface area contributed by atoms with Crippen molar-refractivity contribution in [3.05, 3.63) is 59.2 Å². The van der Waals surface area contributed by atoms with Gasteiger partial charge in [-0.05, 0) is 25.1 Å². The number of hydrogen-bond acceptors (Lipinski definition) is 5. The zero-order valence-electron chi connectivity index (χ0n) is 15.7.